The summed E-state index contributed by atoms with van der Waals surface area (Å²) in [6.45, 7) is -0.303. The Morgan fingerprint density at radius 2 is 2.00 bits per heavy atom. The number of halogens is 5. The van der Waals surface area contributed by atoms with Crippen LogP contribution in [0.3, 0.4) is 0 Å². The monoisotopic (exact) mass is 526 g/mol. The largest absolute Gasteiger partial charge is 0.394 e. The minimum Gasteiger partial charge on any atom is -0.394 e. The summed E-state index contributed by atoms with van der Waals surface area (Å²) in [7, 11) is 0. The van der Waals surface area contributed by atoms with Crippen LogP contribution in [-0.2, 0) is 4.84 Å². The van der Waals surface area contributed by atoms with Crippen molar-refractivity contribution in [1.29, 1.82) is 0 Å². The van der Waals surface area contributed by atoms with E-state index in [9.17, 15) is 23.1 Å². The summed E-state index contributed by atoms with van der Waals surface area (Å²) in [6.07, 6.45) is 1.11. The molecule has 1 aliphatic rings. The van der Waals surface area contributed by atoms with Crippen LogP contribution in [0, 0.1) is 26.9 Å². The minimum atomic E-state index is -1.43. The molecule has 28 heavy (non-hydrogen) atoms. The van der Waals surface area contributed by atoms with Gasteiger partial charge < -0.3 is 10.4 Å². The van der Waals surface area contributed by atoms with Crippen molar-refractivity contribution in [1.82, 2.24) is 5.48 Å². The maximum absolute atomic E-state index is 14.5. The Labute approximate surface area is 177 Å². The molecule has 10 heteroatoms. The Balaban J connectivity index is 1.89. The average Bonchev–Trinajstić information content (AvgIpc) is 3.49. The summed E-state index contributed by atoms with van der Waals surface area (Å²) in [5, 5.41) is 11.1. The van der Waals surface area contributed by atoms with Gasteiger partial charge in [0, 0.05) is 3.57 Å². The molecule has 3 N–H and O–H groups in total. The van der Waals surface area contributed by atoms with Gasteiger partial charge in [0.15, 0.2) is 11.6 Å². The Bertz CT molecular complexity index is 912. The third kappa shape index (κ3) is 4.70. The molecule has 0 radical (unpaired) electrons. The van der Waals surface area contributed by atoms with Gasteiger partial charge >= 0.3 is 0 Å². The number of aliphatic hydroxyl groups excluding tert-OH is 1. The Hall–Kier alpha value is -1.56. The van der Waals surface area contributed by atoms with Crippen LogP contribution >= 0.6 is 34.2 Å². The number of rotatable bonds is 7. The zero-order valence-electron chi connectivity index (χ0n) is 14.2. The lowest BCUT2D eigenvalue weighted by Crippen LogP contribution is -2.33. The van der Waals surface area contributed by atoms with E-state index in [0.29, 0.717) is 3.57 Å². The van der Waals surface area contributed by atoms with Crippen molar-refractivity contribution in [3.63, 3.8) is 0 Å². The molecule has 3 rings (SSSR count). The average molecular weight is 527 g/mol. The van der Waals surface area contributed by atoms with E-state index in [-0.39, 0.29) is 23.8 Å². The maximum atomic E-state index is 14.5. The van der Waals surface area contributed by atoms with E-state index in [0.717, 1.165) is 18.9 Å². The first-order valence-corrected chi connectivity index (χ1v) is 9.74. The van der Waals surface area contributed by atoms with Crippen LogP contribution in [-0.4, -0.2) is 23.7 Å². The Morgan fingerprint density at radius 1 is 1.29 bits per heavy atom. The van der Waals surface area contributed by atoms with Crippen molar-refractivity contribution in [2.45, 2.75) is 18.9 Å². The van der Waals surface area contributed by atoms with E-state index < -0.39 is 40.2 Å². The van der Waals surface area contributed by atoms with Crippen LogP contribution in [0.4, 0.5) is 24.5 Å². The number of hydrogen-bond acceptors (Lipinski definition) is 4. The molecule has 1 aliphatic carbocycles. The molecule has 1 saturated carbocycles. The first-order chi connectivity index (χ1) is 13.3. The van der Waals surface area contributed by atoms with Crippen molar-refractivity contribution < 1.29 is 27.9 Å². The van der Waals surface area contributed by atoms with E-state index in [1.54, 1.807) is 6.07 Å². The van der Waals surface area contributed by atoms with E-state index in [2.05, 4.69) is 10.8 Å². The van der Waals surface area contributed by atoms with E-state index in [4.69, 9.17) is 16.4 Å². The van der Waals surface area contributed by atoms with Crippen LogP contribution in [0.25, 0.3) is 0 Å². The topological polar surface area (TPSA) is 70.6 Å². The second kappa shape index (κ2) is 8.85. The standard InChI is InChI=1S/C18H15ClF3IN2O3/c19-11-6-10(18(27)25-28-14(7-26)8-1-2-8)17(16(22)15(11)21)24-13-4-3-9(23)5-12(13)20/h3-6,8,14,24,26H,1-2,7H2,(H,25,27). The third-order valence-corrected chi connectivity index (χ3v) is 5.17. The van der Waals surface area contributed by atoms with Gasteiger partial charge in [0.05, 0.1) is 28.6 Å². The normalized spacial score (nSPS) is 14.6. The predicted molar refractivity (Wildman–Crippen MR) is 106 cm³/mol. The van der Waals surface area contributed by atoms with Gasteiger partial charge in [-0.3, -0.25) is 9.63 Å². The summed E-state index contributed by atoms with van der Waals surface area (Å²) in [5.74, 6) is -4.32. The summed E-state index contributed by atoms with van der Waals surface area (Å²) in [5.41, 5.74) is 0.995. The van der Waals surface area contributed by atoms with Gasteiger partial charge in [-0.2, -0.15) is 0 Å². The molecule has 5 nitrogen and oxygen atoms in total. The number of anilines is 2. The summed E-state index contributed by atoms with van der Waals surface area (Å²) < 4.78 is 43.1. The fraction of sp³-hybridized carbons (Fsp3) is 0.278. The second-order valence-corrected chi connectivity index (χ2v) is 7.92. The SMILES string of the molecule is O=C(NOC(CO)C1CC1)c1cc(Cl)c(F)c(F)c1Nc1ccc(I)cc1F. The number of aliphatic hydroxyl groups is 1. The van der Waals surface area contributed by atoms with Crippen molar-refractivity contribution in [3.05, 3.63) is 55.9 Å². The molecule has 1 fully saturated rings. The van der Waals surface area contributed by atoms with Gasteiger partial charge in [-0.15, -0.1) is 0 Å². The molecule has 1 unspecified atom stereocenters. The molecule has 1 amide bonds. The predicted octanol–water partition coefficient (Wildman–Crippen LogP) is 4.54. The number of carbonyl (C=O) groups is 1. The highest BCUT2D eigenvalue weighted by Gasteiger charge is 2.33. The zero-order chi connectivity index (χ0) is 20.4. The lowest BCUT2D eigenvalue weighted by Gasteiger charge is -2.17. The molecule has 2 aromatic carbocycles. The Morgan fingerprint density at radius 3 is 2.61 bits per heavy atom. The van der Waals surface area contributed by atoms with Gasteiger partial charge in [-0.05, 0) is 65.6 Å². The third-order valence-electron chi connectivity index (χ3n) is 4.23. The number of carbonyl (C=O) groups excluding carboxylic acids is 1. The fourth-order valence-electron chi connectivity index (χ4n) is 2.56. The molecule has 0 saturated heterocycles. The number of hydrogen-bond donors (Lipinski definition) is 3. The highest BCUT2D eigenvalue weighted by molar-refractivity contribution is 14.1. The molecule has 0 bridgehead atoms. The summed E-state index contributed by atoms with van der Waals surface area (Å²) in [4.78, 5) is 17.6. The molecular formula is C18H15ClF3IN2O3. The van der Waals surface area contributed by atoms with Crippen molar-refractivity contribution in [3.8, 4) is 0 Å². The number of benzene rings is 2. The van der Waals surface area contributed by atoms with Gasteiger partial charge in [0.2, 0.25) is 0 Å². The smallest absolute Gasteiger partial charge is 0.277 e. The molecule has 150 valence electrons. The minimum absolute atomic E-state index is 0.123. The highest BCUT2D eigenvalue weighted by atomic mass is 127. The lowest BCUT2D eigenvalue weighted by atomic mass is 10.1. The first-order valence-electron chi connectivity index (χ1n) is 8.28. The number of amides is 1. The van der Waals surface area contributed by atoms with E-state index in [1.807, 2.05) is 22.6 Å². The van der Waals surface area contributed by atoms with Crippen LogP contribution in [0.5, 0.6) is 0 Å². The van der Waals surface area contributed by atoms with E-state index in [1.165, 1.54) is 12.1 Å². The maximum Gasteiger partial charge on any atom is 0.277 e. The van der Waals surface area contributed by atoms with Gasteiger partial charge in [-0.25, -0.2) is 18.7 Å². The van der Waals surface area contributed by atoms with E-state index >= 15 is 0 Å². The van der Waals surface area contributed by atoms with Crippen molar-refractivity contribution >= 4 is 51.5 Å². The first kappa shape index (κ1) is 21.2. The molecule has 1 atom stereocenters. The van der Waals surface area contributed by atoms with Crippen molar-refractivity contribution in [2.75, 3.05) is 11.9 Å². The molecule has 2 aromatic rings. The zero-order valence-corrected chi connectivity index (χ0v) is 17.2. The Kier molecular flexibility index (Phi) is 6.69. The van der Waals surface area contributed by atoms with Crippen LogP contribution in [0.1, 0.15) is 23.2 Å². The lowest BCUT2D eigenvalue weighted by molar-refractivity contribution is -0.0497. The van der Waals surface area contributed by atoms with Gasteiger partial charge in [0.1, 0.15) is 11.9 Å². The van der Waals surface area contributed by atoms with Crippen LogP contribution in [0.15, 0.2) is 24.3 Å². The second-order valence-electron chi connectivity index (χ2n) is 6.27. The molecule has 0 aliphatic heterocycles. The number of hydroxylamine groups is 1. The van der Waals surface area contributed by atoms with Gasteiger partial charge in [0.25, 0.3) is 5.91 Å². The molecule has 0 heterocycles. The number of nitrogens with one attached hydrogen (secondary N) is 2. The molecular weight excluding hydrogens is 512 g/mol. The van der Waals surface area contributed by atoms with Crippen molar-refractivity contribution in [2.24, 2.45) is 5.92 Å². The molecule has 0 aromatic heterocycles. The van der Waals surface area contributed by atoms with Crippen LogP contribution < -0.4 is 10.8 Å². The quantitative estimate of drug-likeness (QED) is 0.282. The summed E-state index contributed by atoms with van der Waals surface area (Å²) >= 11 is 7.56. The van der Waals surface area contributed by atoms with Gasteiger partial charge in [-0.1, -0.05) is 11.6 Å². The fourth-order valence-corrected chi connectivity index (χ4v) is 3.20. The molecule has 0 spiro atoms. The highest BCUT2D eigenvalue weighted by Crippen LogP contribution is 2.34. The van der Waals surface area contributed by atoms with Crippen LogP contribution in [0.2, 0.25) is 5.02 Å². The summed E-state index contributed by atoms with van der Waals surface area (Å²) in [6, 6.07) is 4.99.